The van der Waals surface area contributed by atoms with Gasteiger partial charge in [-0.2, -0.15) is 0 Å². The van der Waals surface area contributed by atoms with Gasteiger partial charge in [-0.3, -0.25) is 19.3 Å². The van der Waals surface area contributed by atoms with Crippen molar-refractivity contribution in [3.05, 3.63) is 93.4 Å². The van der Waals surface area contributed by atoms with E-state index in [2.05, 4.69) is 4.90 Å². The third-order valence-electron chi connectivity index (χ3n) is 8.73. The zero-order valence-electron chi connectivity index (χ0n) is 22.4. The van der Waals surface area contributed by atoms with Crippen LogP contribution in [-0.2, 0) is 4.74 Å². The van der Waals surface area contributed by atoms with Gasteiger partial charge in [0.25, 0.3) is 5.91 Å². The topological polar surface area (TPSA) is 78.2 Å². The lowest BCUT2D eigenvalue weighted by atomic mass is 9.91. The number of amides is 1. The Morgan fingerprint density at radius 1 is 0.952 bits per heavy atom. The molecule has 0 unspecified atom stereocenters. The minimum Gasteiger partial charge on any atom is -0.502 e. The van der Waals surface area contributed by atoms with Crippen LogP contribution in [0.5, 0.6) is 5.75 Å². The van der Waals surface area contributed by atoms with Gasteiger partial charge in [0, 0.05) is 54.0 Å². The largest absolute Gasteiger partial charge is 0.502 e. The highest BCUT2D eigenvalue weighted by Gasteiger charge is 2.47. The summed E-state index contributed by atoms with van der Waals surface area (Å²) < 4.78 is 38.6. The summed E-state index contributed by atoms with van der Waals surface area (Å²) in [7, 11) is 0. The van der Waals surface area contributed by atoms with Crippen molar-refractivity contribution in [2.75, 3.05) is 42.8 Å². The van der Waals surface area contributed by atoms with Crippen LogP contribution < -0.4 is 15.3 Å². The molecule has 1 aliphatic carbocycles. The van der Waals surface area contributed by atoms with Gasteiger partial charge in [0.05, 0.1) is 18.2 Å². The maximum atomic E-state index is 16.3. The lowest BCUT2D eigenvalue weighted by Crippen LogP contribution is -2.66. The van der Waals surface area contributed by atoms with Gasteiger partial charge in [0.15, 0.2) is 11.4 Å². The first kappa shape index (κ1) is 25.5. The number of thiophene rings is 1. The smallest absolute Gasteiger partial charge is 0.278 e. The van der Waals surface area contributed by atoms with Crippen molar-refractivity contribution in [2.45, 2.75) is 25.0 Å². The maximum absolute atomic E-state index is 16.3. The van der Waals surface area contributed by atoms with Gasteiger partial charge in [0.2, 0.25) is 5.43 Å². The quantitative estimate of drug-likeness (QED) is 0.367. The molecule has 2 aromatic heterocycles. The molecular weight excluding hydrogens is 562 g/mol. The number of hydrogen-bond donors (Lipinski definition) is 1. The van der Waals surface area contributed by atoms with Crippen LogP contribution in [0.15, 0.2) is 59.5 Å². The van der Waals surface area contributed by atoms with Gasteiger partial charge >= 0.3 is 0 Å². The van der Waals surface area contributed by atoms with E-state index in [-0.39, 0.29) is 31.0 Å². The molecule has 0 spiro atoms. The van der Waals surface area contributed by atoms with Gasteiger partial charge in [-0.25, -0.2) is 8.78 Å². The second-order valence-corrected chi connectivity index (χ2v) is 12.0. The fourth-order valence-electron chi connectivity index (χ4n) is 6.86. The van der Waals surface area contributed by atoms with E-state index in [1.54, 1.807) is 21.2 Å². The van der Waals surface area contributed by atoms with E-state index in [1.807, 2.05) is 30.3 Å². The third kappa shape index (κ3) is 3.59. The Bertz CT molecular complexity index is 1830. The number of rotatable bonds is 2. The molecule has 2 aromatic carbocycles. The van der Waals surface area contributed by atoms with E-state index in [1.165, 1.54) is 23.0 Å². The normalized spacial score (nSPS) is 20.9. The molecule has 0 radical (unpaired) electrons. The minimum atomic E-state index is -0.866. The summed E-state index contributed by atoms with van der Waals surface area (Å²) in [6, 6.07) is 12.3. The van der Waals surface area contributed by atoms with Crippen molar-refractivity contribution in [3.63, 3.8) is 0 Å². The Morgan fingerprint density at radius 3 is 2.60 bits per heavy atom. The number of fused-ring (bicyclic) bond motifs is 7. The Hall–Kier alpha value is -4.22. The molecule has 3 aliphatic heterocycles. The average Bonchev–Trinajstić information content (AvgIpc) is 3.66. The first-order chi connectivity index (χ1) is 20.4. The third-order valence-corrected chi connectivity index (χ3v) is 9.96. The molecule has 1 N–H and O–H groups in total. The molecule has 0 bridgehead atoms. The molecule has 214 valence electrons. The van der Waals surface area contributed by atoms with Crippen molar-refractivity contribution >= 4 is 22.2 Å². The summed E-state index contributed by atoms with van der Waals surface area (Å²) in [5, 5.41) is 13.7. The Morgan fingerprint density at radius 2 is 1.76 bits per heavy atom. The Labute approximate surface area is 243 Å². The van der Waals surface area contributed by atoms with Crippen LogP contribution in [0.2, 0.25) is 0 Å². The lowest BCUT2D eigenvalue weighted by molar-refractivity contribution is -0.0197. The fourth-order valence-corrected chi connectivity index (χ4v) is 8.13. The molecule has 5 heterocycles. The van der Waals surface area contributed by atoms with E-state index in [0.717, 1.165) is 58.6 Å². The van der Waals surface area contributed by atoms with Crippen LogP contribution >= 0.6 is 11.3 Å². The standard InChI is InChI=1S/C31H26F2N4O4S/c32-17-13-20-21-15-25(34-8-3-4-9-34)42-30(21)19-6-2-1-5-18(19)27(26(20)22(33)14-17)37-24-16-41-12-11-35(24)31(40)28-29(39)23(38)7-10-36(28)37/h1-2,5-7,10,13-15,24,27,39H,3-4,8-9,11-12,16H2/t24-,27-/m1/s1. The van der Waals surface area contributed by atoms with E-state index < -0.39 is 40.9 Å². The summed E-state index contributed by atoms with van der Waals surface area (Å²) in [6.45, 7) is 2.50. The zero-order chi connectivity index (χ0) is 28.7. The van der Waals surface area contributed by atoms with Crippen LogP contribution in [-0.4, -0.2) is 59.6 Å². The Balaban J connectivity index is 1.44. The number of carbonyl (C=O) groups excluding carboxylic acids is 1. The molecule has 42 heavy (non-hydrogen) atoms. The number of benzene rings is 2. The maximum Gasteiger partial charge on any atom is 0.278 e. The van der Waals surface area contributed by atoms with Crippen LogP contribution in [0.25, 0.3) is 21.6 Å². The monoisotopic (exact) mass is 588 g/mol. The van der Waals surface area contributed by atoms with E-state index in [4.69, 9.17) is 4.74 Å². The molecule has 1 amide bonds. The molecule has 4 aliphatic rings. The molecule has 4 aromatic rings. The highest BCUT2D eigenvalue weighted by molar-refractivity contribution is 7.20. The van der Waals surface area contributed by atoms with Crippen molar-refractivity contribution in [3.8, 4) is 27.3 Å². The van der Waals surface area contributed by atoms with Crippen molar-refractivity contribution in [1.29, 1.82) is 0 Å². The van der Waals surface area contributed by atoms with Gasteiger partial charge < -0.3 is 19.6 Å². The summed E-state index contributed by atoms with van der Waals surface area (Å²) >= 11 is 1.61. The molecule has 11 heteroatoms. The highest BCUT2D eigenvalue weighted by Crippen LogP contribution is 2.53. The summed E-state index contributed by atoms with van der Waals surface area (Å²) in [4.78, 5) is 30.9. The van der Waals surface area contributed by atoms with Gasteiger partial charge in [-0.05, 0) is 41.7 Å². The first-order valence-electron chi connectivity index (χ1n) is 14.0. The number of ether oxygens (including phenoxy) is 1. The first-order valence-corrected chi connectivity index (χ1v) is 14.8. The number of carbonyl (C=O) groups is 1. The molecule has 2 saturated heterocycles. The van der Waals surface area contributed by atoms with Crippen LogP contribution in [0.1, 0.15) is 40.5 Å². The second kappa shape index (κ2) is 9.40. The highest BCUT2D eigenvalue weighted by atomic mass is 32.1. The van der Waals surface area contributed by atoms with Crippen LogP contribution in [0.4, 0.5) is 13.8 Å². The predicted molar refractivity (Wildman–Crippen MR) is 155 cm³/mol. The Kier molecular flexibility index (Phi) is 5.70. The molecule has 0 saturated carbocycles. The summed E-state index contributed by atoms with van der Waals surface area (Å²) in [5.74, 6) is -2.59. The number of aromatic hydroxyl groups is 1. The van der Waals surface area contributed by atoms with Crippen LogP contribution in [0.3, 0.4) is 0 Å². The molecule has 2 atom stereocenters. The SMILES string of the molecule is O=C1c2c(O)c(=O)ccn2N([C@@H]2c3ccccc3-c3sc(N4CCCC4)cc3-c3cc(F)cc(F)c32)[C@@H]2COCCN12. The zero-order valence-corrected chi connectivity index (χ0v) is 23.2. The molecular formula is C31H26F2N4O4S. The number of anilines is 1. The van der Waals surface area contributed by atoms with Crippen molar-refractivity contribution in [1.82, 2.24) is 9.58 Å². The average molecular weight is 589 g/mol. The van der Waals surface area contributed by atoms with E-state index >= 15 is 8.78 Å². The van der Waals surface area contributed by atoms with Crippen molar-refractivity contribution < 1.29 is 23.4 Å². The minimum absolute atomic E-state index is 0.121. The van der Waals surface area contributed by atoms with Crippen LogP contribution in [0, 0.1) is 11.6 Å². The van der Waals surface area contributed by atoms with Crippen molar-refractivity contribution in [2.24, 2.45) is 0 Å². The molecule has 8 nitrogen and oxygen atoms in total. The number of morpholine rings is 1. The number of pyridine rings is 1. The van der Waals surface area contributed by atoms with Gasteiger partial charge in [-0.1, -0.05) is 24.3 Å². The van der Waals surface area contributed by atoms with E-state index in [9.17, 15) is 14.7 Å². The number of halogens is 2. The van der Waals surface area contributed by atoms with Gasteiger partial charge in [0.1, 0.15) is 23.8 Å². The molecule has 2 fully saturated rings. The van der Waals surface area contributed by atoms with E-state index in [0.29, 0.717) is 5.56 Å². The lowest BCUT2D eigenvalue weighted by Gasteiger charge is -2.51. The number of nitrogens with zero attached hydrogens (tertiary/aromatic N) is 4. The summed E-state index contributed by atoms with van der Waals surface area (Å²) in [6.07, 6.45) is 2.94. The number of aromatic nitrogens is 1. The molecule has 8 rings (SSSR count). The predicted octanol–water partition coefficient (Wildman–Crippen LogP) is 4.68. The second-order valence-electron chi connectivity index (χ2n) is 11.0. The van der Waals surface area contributed by atoms with Gasteiger partial charge in [-0.15, -0.1) is 11.3 Å². The summed E-state index contributed by atoms with van der Waals surface area (Å²) in [5.41, 5.74) is 2.16. The number of hydrogen-bond acceptors (Lipinski definition) is 7. The fraction of sp³-hybridized carbons (Fsp3) is 0.290.